The Morgan fingerprint density at radius 1 is 1.43 bits per heavy atom. The van der Waals surface area contributed by atoms with Crippen LogP contribution in [-0.2, 0) is 4.79 Å². The number of likely N-dealkylation sites (N-methyl/N-ethyl adjacent to an activating group) is 1. The van der Waals surface area contributed by atoms with Crippen molar-refractivity contribution >= 4 is 61.3 Å². The third-order valence-electron chi connectivity index (χ3n) is 2.76. The number of aromatic nitrogens is 1. The average molecular weight is 380 g/mol. The van der Waals surface area contributed by atoms with Gasteiger partial charge in [-0.1, -0.05) is 28.1 Å². The molecule has 4 nitrogen and oxygen atoms in total. The zero-order valence-corrected chi connectivity index (χ0v) is 14.2. The second-order valence-electron chi connectivity index (χ2n) is 4.24. The molecule has 3 rings (SSSR count). The van der Waals surface area contributed by atoms with Crippen molar-refractivity contribution in [1.82, 2.24) is 9.88 Å². The first-order chi connectivity index (χ1) is 10.1. The molecule has 0 unspecified atom stereocenters. The van der Waals surface area contributed by atoms with E-state index in [2.05, 4.69) is 25.9 Å². The molecule has 0 radical (unpaired) electrons. The minimum Gasteiger partial charge on any atom is -0.289 e. The normalized spacial score (nSPS) is 19.0. The molecule has 0 bridgehead atoms. The Bertz CT molecular complexity index is 740. The zero-order chi connectivity index (χ0) is 14.8. The third kappa shape index (κ3) is 3.25. The maximum absolute atomic E-state index is 12.3. The lowest BCUT2D eigenvalue weighted by atomic mass is 10.2. The van der Waals surface area contributed by atoms with E-state index < -0.39 is 0 Å². The van der Waals surface area contributed by atoms with Crippen LogP contribution in [0.5, 0.6) is 0 Å². The van der Waals surface area contributed by atoms with Gasteiger partial charge in [0.1, 0.15) is 0 Å². The number of hydrogen-bond donors (Lipinski definition) is 0. The summed E-state index contributed by atoms with van der Waals surface area (Å²) in [6.45, 7) is 0. The van der Waals surface area contributed by atoms with Crippen LogP contribution in [0, 0.1) is 0 Å². The van der Waals surface area contributed by atoms with E-state index in [1.807, 2.05) is 35.7 Å². The summed E-state index contributed by atoms with van der Waals surface area (Å²) in [5, 5.41) is 3.16. The van der Waals surface area contributed by atoms with Crippen LogP contribution in [-0.4, -0.2) is 28.0 Å². The van der Waals surface area contributed by atoms with Gasteiger partial charge in [-0.2, -0.15) is 4.99 Å². The highest BCUT2D eigenvalue weighted by Crippen LogP contribution is 2.33. The predicted octanol–water partition coefficient (Wildman–Crippen LogP) is 4.14. The lowest BCUT2D eigenvalue weighted by Crippen LogP contribution is -2.23. The van der Waals surface area contributed by atoms with Gasteiger partial charge in [0.15, 0.2) is 5.17 Å². The van der Waals surface area contributed by atoms with Crippen LogP contribution in [0.4, 0.5) is 5.13 Å². The Hall–Kier alpha value is -1.44. The van der Waals surface area contributed by atoms with Crippen LogP contribution in [0.15, 0.2) is 50.2 Å². The molecule has 1 aromatic carbocycles. The van der Waals surface area contributed by atoms with Crippen molar-refractivity contribution in [3.63, 3.8) is 0 Å². The number of benzene rings is 1. The molecule has 1 aliphatic heterocycles. The number of amides is 1. The molecule has 1 aromatic heterocycles. The molecule has 7 heteroatoms. The first kappa shape index (κ1) is 14.5. The molecule has 0 N–H and O–H groups in total. The number of carbonyl (C=O) groups excluding carboxylic acids is 1. The van der Waals surface area contributed by atoms with Crippen LogP contribution in [0.1, 0.15) is 5.56 Å². The number of thiazole rings is 1. The molecule has 1 saturated heterocycles. The van der Waals surface area contributed by atoms with Crippen molar-refractivity contribution < 1.29 is 4.79 Å². The van der Waals surface area contributed by atoms with Crippen molar-refractivity contribution in [2.75, 3.05) is 7.05 Å². The molecule has 21 heavy (non-hydrogen) atoms. The number of rotatable bonds is 2. The minimum atomic E-state index is -0.0460. The first-order valence-corrected chi connectivity index (χ1v) is 8.54. The molecule has 2 heterocycles. The van der Waals surface area contributed by atoms with Gasteiger partial charge in [0.2, 0.25) is 5.13 Å². The Balaban J connectivity index is 1.90. The quantitative estimate of drug-likeness (QED) is 0.736. The second-order valence-corrected chi connectivity index (χ2v) is 7.04. The number of halogens is 1. The predicted molar refractivity (Wildman–Crippen MR) is 91.7 cm³/mol. The van der Waals surface area contributed by atoms with E-state index in [1.54, 1.807) is 18.1 Å². The van der Waals surface area contributed by atoms with E-state index in [0.29, 0.717) is 15.2 Å². The summed E-state index contributed by atoms with van der Waals surface area (Å²) in [5.41, 5.74) is 0.976. The van der Waals surface area contributed by atoms with Crippen LogP contribution < -0.4 is 0 Å². The van der Waals surface area contributed by atoms with Gasteiger partial charge in [0, 0.05) is 23.1 Å². The Kier molecular flexibility index (Phi) is 4.23. The van der Waals surface area contributed by atoms with Crippen molar-refractivity contribution in [2.45, 2.75) is 0 Å². The van der Waals surface area contributed by atoms with E-state index in [-0.39, 0.29) is 5.91 Å². The Morgan fingerprint density at radius 2 is 2.29 bits per heavy atom. The number of aliphatic imine (C=N–C) groups is 1. The molecule has 0 aliphatic carbocycles. The minimum absolute atomic E-state index is 0.0460. The zero-order valence-electron chi connectivity index (χ0n) is 11.0. The molecule has 0 saturated carbocycles. The van der Waals surface area contributed by atoms with Gasteiger partial charge in [0.25, 0.3) is 5.91 Å². The molecular formula is C14H10BrN3OS2. The van der Waals surface area contributed by atoms with Crippen molar-refractivity contribution in [3.05, 3.63) is 50.8 Å². The van der Waals surface area contributed by atoms with Crippen LogP contribution >= 0.6 is 39.0 Å². The van der Waals surface area contributed by atoms with Gasteiger partial charge in [-0.3, -0.25) is 9.69 Å². The molecule has 1 aliphatic rings. The second kappa shape index (κ2) is 6.13. The smallest absolute Gasteiger partial charge is 0.266 e. The molecule has 0 atom stereocenters. The van der Waals surface area contributed by atoms with E-state index in [1.165, 1.54) is 23.1 Å². The SMILES string of the molecule is CN1C(=O)/C(=C/c2cccc(Br)c2)S/C1=N/c1nccs1. The number of nitrogens with zero attached hydrogens (tertiary/aromatic N) is 3. The van der Waals surface area contributed by atoms with E-state index in [9.17, 15) is 4.79 Å². The Morgan fingerprint density at radius 3 is 3.00 bits per heavy atom. The summed E-state index contributed by atoms with van der Waals surface area (Å²) < 4.78 is 0.984. The molecule has 106 valence electrons. The summed E-state index contributed by atoms with van der Waals surface area (Å²) in [5.74, 6) is -0.0460. The highest BCUT2D eigenvalue weighted by Gasteiger charge is 2.30. The fourth-order valence-corrected chi connectivity index (χ4v) is 3.70. The summed E-state index contributed by atoms with van der Waals surface area (Å²) in [7, 11) is 1.73. The summed E-state index contributed by atoms with van der Waals surface area (Å²) in [6, 6.07) is 7.82. The first-order valence-electron chi connectivity index (χ1n) is 6.05. The number of hydrogen-bond acceptors (Lipinski definition) is 5. The highest BCUT2D eigenvalue weighted by molar-refractivity contribution is 9.10. The lowest BCUT2D eigenvalue weighted by Gasteiger charge is -2.05. The van der Waals surface area contributed by atoms with E-state index in [4.69, 9.17) is 0 Å². The third-order valence-corrected chi connectivity index (χ3v) is 4.98. The standard InChI is InChI=1S/C14H10BrN3OS2/c1-18-12(19)11(8-9-3-2-4-10(15)7-9)21-14(18)17-13-16-5-6-20-13/h2-8H,1H3/b11-8-,17-14+. The monoisotopic (exact) mass is 379 g/mol. The summed E-state index contributed by atoms with van der Waals surface area (Å²) in [4.78, 5) is 23.0. The van der Waals surface area contributed by atoms with Crippen LogP contribution in [0.25, 0.3) is 6.08 Å². The van der Waals surface area contributed by atoms with Crippen molar-refractivity contribution in [3.8, 4) is 0 Å². The lowest BCUT2D eigenvalue weighted by molar-refractivity contribution is -0.121. The topological polar surface area (TPSA) is 45.6 Å². The Labute approximate surface area is 138 Å². The van der Waals surface area contributed by atoms with Gasteiger partial charge in [-0.25, -0.2) is 4.98 Å². The van der Waals surface area contributed by atoms with Gasteiger partial charge in [-0.05, 0) is 35.5 Å². The number of thioether (sulfide) groups is 1. The van der Waals surface area contributed by atoms with Gasteiger partial charge in [-0.15, -0.1) is 11.3 Å². The van der Waals surface area contributed by atoms with Crippen molar-refractivity contribution in [2.24, 2.45) is 4.99 Å². The maximum Gasteiger partial charge on any atom is 0.266 e. The summed E-state index contributed by atoms with van der Waals surface area (Å²) in [6.07, 6.45) is 3.57. The van der Waals surface area contributed by atoms with Crippen molar-refractivity contribution in [1.29, 1.82) is 0 Å². The molecule has 2 aromatic rings. The molecule has 1 fully saturated rings. The maximum atomic E-state index is 12.3. The largest absolute Gasteiger partial charge is 0.289 e. The fourth-order valence-electron chi connectivity index (χ4n) is 1.75. The van der Waals surface area contributed by atoms with Gasteiger partial charge >= 0.3 is 0 Å². The van der Waals surface area contributed by atoms with E-state index >= 15 is 0 Å². The van der Waals surface area contributed by atoms with Gasteiger partial charge in [0.05, 0.1) is 4.91 Å². The number of amidine groups is 1. The highest BCUT2D eigenvalue weighted by atomic mass is 79.9. The average Bonchev–Trinajstić information content (AvgIpc) is 3.05. The van der Waals surface area contributed by atoms with Crippen LogP contribution in [0.2, 0.25) is 0 Å². The van der Waals surface area contributed by atoms with Gasteiger partial charge < -0.3 is 0 Å². The number of carbonyl (C=O) groups is 1. The van der Waals surface area contributed by atoms with Crippen LogP contribution in [0.3, 0.4) is 0 Å². The molecule has 0 spiro atoms. The fraction of sp³-hybridized carbons (Fsp3) is 0.0714. The van der Waals surface area contributed by atoms with E-state index in [0.717, 1.165) is 10.0 Å². The molecular weight excluding hydrogens is 370 g/mol. The molecule has 1 amide bonds. The summed E-state index contributed by atoms with van der Waals surface area (Å²) >= 11 is 6.24.